The van der Waals surface area contributed by atoms with E-state index in [0.29, 0.717) is 6.54 Å². The topological polar surface area (TPSA) is 77.3 Å². The van der Waals surface area contributed by atoms with E-state index in [1.807, 2.05) is 13.0 Å². The zero-order valence-electron chi connectivity index (χ0n) is 10.8. The first-order valence-electron chi connectivity index (χ1n) is 5.92. The van der Waals surface area contributed by atoms with Crippen LogP contribution in [0.15, 0.2) is 30.3 Å². The number of nitrogens with one attached hydrogen (secondary N) is 1. The van der Waals surface area contributed by atoms with E-state index in [4.69, 9.17) is 4.74 Å². The van der Waals surface area contributed by atoms with Gasteiger partial charge in [0.1, 0.15) is 5.82 Å². The van der Waals surface area contributed by atoms with Crippen molar-refractivity contribution in [3.8, 4) is 0 Å². The Morgan fingerprint density at radius 2 is 2.21 bits per heavy atom. The average Bonchev–Trinajstić information content (AvgIpc) is 2.43. The molecule has 19 heavy (non-hydrogen) atoms. The number of hydrogen-bond acceptors (Lipinski definition) is 5. The van der Waals surface area contributed by atoms with E-state index in [1.165, 1.54) is 12.1 Å². The average molecular weight is 261 g/mol. The van der Waals surface area contributed by atoms with Crippen LogP contribution in [0.2, 0.25) is 0 Å². The van der Waals surface area contributed by atoms with Gasteiger partial charge in [0, 0.05) is 31.2 Å². The van der Waals surface area contributed by atoms with Gasteiger partial charge in [-0.1, -0.05) is 0 Å². The quantitative estimate of drug-likeness (QED) is 0.661. The van der Waals surface area contributed by atoms with Gasteiger partial charge in [0.2, 0.25) is 0 Å². The highest BCUT2D eigenvalue weighted by atomic mass is 16.6. The molecule has 0 amide bonds. The van der Waals surface area contributed by atoms with Crippen LogP contribution in [0.1, 0.15) is 6.92 Å². The number of rotatable bonds is 5. The Bertz CT molecular complexity index is 601. The summed E-state index contributed by atoms with van der Waals surface area (Å²) in [6.07, 6.45) is 0.0920. The molecule has 0 spiro atoms. The van der Waals surface area contributed by atoms with E-state index >= 15 is 0 Å². The van der Waals surface area contributed by atoms with Crippen molar-refractivity contribution in [2.24, 2.45) is 0 Å². The Hall–Kier alpha value is -2.21. The van der Waals surface area contributed by atoms with Gasteiger partial charge in [-0.3, -0.25) is 10.1 Å². The number of methoxy groups -OCH3 is 1. The maximum absolute atomic E-state index is 10.7. The van der Waals surface area contributed by atoms with Gasteiger partial charge < -0.3 is 10.1 Å². The van der Waals surface area contributed by atoms with Gasteiger partial charge in [0.05, 0.1) is 16.5 Å². The summed E-state index contributed by atoms with van der Waals surface area (Å²) in [6.45, 7) is 2.61. The van der Waals surface area contributed by atoms with E-state index in [2.05, 4.69) is 10.3 Å². The molecule has 1 atom stereocenters. The van der Waals surface area contributed by atoms with Crippen LogP contribution in [0.25, 0.3) is 10.9 Å². The van der Waals surface area contributed by atoms with Crippen LogP contribution in [0.5, 0.6) is 0 Å². The fourth-order valence-electron chi connectivity index (χ4n) is 1.66. The number of nitro groups is 1. The van der Waals surface area contributed by atoms with Crippen molar-refractivity contribution in [3.05, 3.63) is 40.4 Å². The predicted molar refractivity (Wildman–Crippen MR) is 73.4 cm³/mol. The SMILES string of the molecule is COC(C)CNc1ccc2cc([N+](=O)[O-])ccc2n1. The van der Waals surface area contributed by atoms with Crippen molar-refractivity contribution >= 4 is 22.4 Å². The fraction of sp³-hybridized carbons (Fsp3) is 0.308. The Balaban J connectivity index is 2.21. The molecular weight excluding hydrogens is 246 g/mol. The summed E-state index contributed by atoms with van der Waals surface area (Å²) in [6, 6.07) is 8.24. The molecular formula is C13H15N3O3. The number of anilines is 1. The van der Waals surface area contributed by atoms with Crippen LogP contribution in [-0.2, 0) is 4.74 Å². The molecule has 0 bridgehead atoms. The Morgan fingerprint density at radius 1 is 1.42 bits per heavy atom. The molecule has 0 aliphatic heterocycles. The molecule has 0 saturated heterocycles. The summed E-state index contributed by atoms with van der Waals surface area (Å²) in [4.78, 5) is 14.7. The van der Waals surface area contributed by atoms with Crippen molar-refractivity contribution in [2.75, 3.05) is 19.0 Å². The Morgan fingerprint density at radius 3 is 2.89 bits per heavy atom. The number of nitrogens with zero attached hydrogens (tertiary/aromatic N) is 2. The second-order valence-corrected chi connectivity index (χ2v) is 4.26. The molecule has 6 heteroatoms. The lowest BCUT2D eigenvalue weighted by Crippen LogP contribution is -2.18. The highest BCUT2D eigenvalue weighted by molar-refractivity contribution is 5.82. The first-order chi connectivity index (χ1) is 9.10. The molecule has 100 valence electrons. The van der Waals surface area contributed by atoms with E-state index in [-0.39, 0.29) is 11.8 Å². The molecule has 1 unspecified atom stereocenters. The lowest BCUT2D eigenvalue weighted by atomic mass is 10.2. The zero-order valence-corrected chi connectivity index (χ0v) is 10.8. The molecule has 0 aliphatic carbocycles. The summed E-state index contributed by atoms with van der Waals surface area (Å²) < 4.78 is 5.14. The number of fused-ring (bicyclic) bond motifs is 1. The second kappa shape index (κ2) is 5.62. The minimum absolute atomic E-state index is 0.0722. The number of pyridine rings is 1. The molecule has 2 aromatic rings. The summed E-state index contributed by atoms with van der Waals surface area (Å²) >= 11 is 0. The zero-order chi connectivity index (χ0) is 13.8. The summed E-state index contributed by atoms with van der Waals surface area (Å²) in [5, 5.41) is 14.6. The predicted octanol–water partition coefficient (Wildman–Crippen LogP) is 2.59. The molecule has 1 N–H and O–H groups in total. The van der Waals surface area contributed by atoms with Gasteiger partial charge in [0.25, 0.3) is 5.69 Å². The fourth-order valence-corrected chi connectivity index (χ4v) is 1.66. The van der Waals surface area contributed by atoms with Crippen LogP contribution < -0.4 is 5.32 Å². The maximum atomic E-state index is 10.7. The van der Waals surface area contributed by atoms with Crippen molar-refractivity contribution in [1.82, 2.24) is 4.98 Å². The number of hydrogen-bond donors (Lipinski definition) is 1. The number of non-ortho nitro benzene ring substituents is 1. The lowest BCUT2D eigenvalue weighted by Gasteiger charge is -2.11. The van der Waals surface area contributed by atoms with Gasteiger partial charge in [-0.2, -0.15) is 0 Å². The first kappa shape index (κ1) is 13.2. The summed E-state index contributed by atoms with van der Waals surface area (Å²) in [5.41, 5.74) is 0.795. The van der Waals surface area contributed by atoms with Gasteiger partial charge >= 0.3 is 0 Å². The normalized spacial score (nSPS) is 12.3. The van der Waals surface area contributed by atoms with Crippen molar-refractivity contribution in [1.29, 1.82) is 0 Å². The minimum Gasteiger partial charge on any atom is -0.380 e. The molecule has 0 saturated carbocycles. The third-order valence-corrected chi connectivity index (χ3v) is 2.86. The van der Waals surface area contributed by atoms with Gasteiger partial charge in [0.15, 0.2) is 0 Å². The summed E-state index contributed by atoms with van der Waals surface area (Å²) in [7, 11) is 1.65. The number of ether oxygens (including phenoxy) is 1. The standard InChI is InChI=1S/C13H15N3O3/c1-9(19-2)8-14-13-6-3-10-7-11(16(17)18)4-5-12(10)15-13/h3-7,9H,8H2,1-2H3,(H,14,15). The van der Waals surface area contributed by atoms with Crippen molar-refractivity contribution in [3.63, 3.8) is 0 Å². The molecule has 2 rings (SSSR count). The largest absolute Gasteiger partial charge is 0.380 e. The van der Waals surface area contributed by atoms with Gasteiger partial charge in [-0.15, -0.1) is 0 Å². The Kier molecular flexibility index (Phi) is 3.91. The van der Waals surface area contributed by atoms with Crippen LogP contribution in [0.3, 0.4) is 0 Å². The Labute approximate surface area is 110 Å². The molecule has 0 fully saturated rings. The number of nitro benzene ring substituents is 1. The first-order valence-corrected chi connectivity index (χ1v) is 5.92. The number of aromatic nitrogens is 1. The van der Waals surface area contributed by atoms with Gasteiger partial charge in [-0.25, -0.2) is 4.98 Å². The smallest absolute Gasteiger partial charge is 0.270 e. The van der Waals surface area contributed by atoms with Crippen molar-refractivity contribution < 1.29 is 9.66 Å². The van der Waals surface area contributed by atoms with E-state index in [9.17, 15) is 10.1 Å². The van der Waals surface area contributed by atoms with Crippen LogP contribution in [0, 0.1) is 10.1 Å². The van der Waals surface area contributed by atoms with Gasteiger partial charge in [-0.05, 0) is 25.1 Å². The molecule has 1 heterocycles. The van der Waals surface area contributed by atoms with Crippen LogP contribution in [-0.4, -0.2) is 29.7 Å². The third-order valence-electron chi connectivity index (χ3n) is 2.86. The maximum Gasteiger partial charge on any atom is 0.270 e. The molecule has 0 aliphatic rings. The van der Waals surface area contributed by atoms with Crippen molar-refractivity contribution in [2.45, 2.75) is 13.0 Å². The van der Waals surface area contributed by atoms with E-state index < -0.39 is 4.92 Å². The number of benzene rings is 1. The minimum atomic E-state index is -0.411. The monoisotopic (exact) mass is 261 g/mol. The molecule has 1 aromatic carbocycles. The molecule has 0 radical (unpaired) electrons. The molecule has 1 aromatic heterocycles. The lowest BCUT2D eigenvalue weighted by molar-refractivity contribution is -0.384. The third kappa shape index (κ3) is 3.17. The van der Waals surface area contributed by atoms with Crippen LogP contribution in [0.4, 0.5) is 11.5 Å². The highest BCUT2D eigenvalue weighted by Gasteiger charge is 2.07. The summed E-state index contributed by atoms with van der Waals surface area (Å²) in [5.74, 6) is 0.727. The highest BCUT2D eigenvalue weighted by Crippen LogP contribution is 2.21. The van der Waals surface area contributed by atoms with E-state index in [0.717, 1.165) is 16.7 Å². The second-order valence-electron chi connectivity index (χ2n) is 4.26. The van der Waals surface area contributed by atoms with E-state index in [1.54, 1.807) is 19.2 Å². The molecule has 6 nitrogen and oxygen atoms in total. The van der Waals surface area contributed by atoms with Crippen LogP contribution >= 0.6 is 0 Å².